The number of amides is 1. The number of rotatable bonds is 5. The van der Waals surface area contributed by atoms with Gasteiger partial charge in [-0.15, -0.1) is 0 Å². The number of H-pyrrole nitrogens is 1. The number of hydroxylamine groups is 1. The zero-order valence-corrected chi connectivity index (χ0v) is 15.5. The Morgan fingerprint density at radius 1 is 0.857 bits per heavy atom. The first-order valence-electron chi connectivity index (χ1n) is 8.50. The molecule has 0 radical (unpaired) electrons. The number of nitrogens with one attached hydrogen (secondary N) is 1. The van der Waals surface area contributed by atoms with E-state index in [0.717, 1.165) is 10.9 Å². The molecule has 0 saturated heterocycles. The van der Waals surface area contributed by atoms with E-state index in [4.69, 9.17) is 4.84 Å². The molecule has 0 atom stereocenters. The number of carbonyl (C=O) groups is 1. The SMILES string of the molecule is O=C(c1ccccc1)N(Oc1ccc2[nH]ccc2c1)S(=O)(=O)c1ccccc1. The van der Waals surface area contributed by atoms with Crippen LogP contribution in [0.25, 0.3) is 10.9 Å². The number of aromatic nitrogens is 1. The molecule has 1 heterocycles. The number of hydrogen-bond donors (Lipinski definition) is 1. The Bertz CT molecular complexity index is 1220. The van der Waals surface area contributed by atoms with E-state index >= 15 is 0 Å². The second-order valence-electron chi connectivity index (χ2n) is 6.03. The number of aromatic amines is 1. The number of fused-ring (bicyclic) bond motifs is 1. The minimum absolute atomic E-state index is 0.0398. The molecule has 0 fully saturated rings. The topological polar surface area (TPSA) is 79.5 Å². The van der Waals surface area contributed by atoms with Gasteiger partial charge >= 0.3 is 5.91 Å². The van der Waals surface area contributed by atoms with E-state index in [1.165, 1.54) is 24.3 Å². The van der Waals surface area contributed by atoms with Crippen LogP contribution in [0.3, 0.4) is 0 Å². The summed E-state index contributed by atoms with van der Waals surface area (Å²) in [5, 5.41) is 0.835. The van der Waals surface area contributed by atoms with Gasteiger partial charge in [0, 0.05) is 22.7 Å². The van der Waals surface area contributed by atoms with Gasteiger partial charge in [-0.1, -0.05) is 40.9 Å². The predicted molar refractivity (Wildman–Crippen MR) is 105 cm³/mol. The Kier molecular flexibility index (Phi) is 4.58. The molecule has 7 heteroatoms. The molecule has 1 N–H and O–H groups in total. The normalized spacial score (nSPS) is 11.3. The zero-order valence-electron chi connectivity index (χ0n) is 14.6. The van der Waals surface area contributed by atoms with Crippen molar-refractivity contribution in [2.45, 2.75) is 4.90 Å². The van der Waals surface area contributed by atoms with E-state index in [-0.39, 0.29) is 16.2 Å². The number of sulfonamides is 1. The van der Waals surface area contributed by atoms with Crippen LogP contribution in [-0.2, 0) is 10.0 Å². The van der Waals surface area contributed by atoms with Gasteiger partial charge in [-0.05, 0) is 48.5 Å². The Hall–Kier alpha value is -3.58. The minimum Gasteiger partial charge on any atom is -0.361 e. The van der Waals surface area contributed by atoms with Crippen molar-refractivity contribution in [3.8, 4) is 5.75 Å². The van der Waals surface area contributed by atoms with Crippen molar-refractivity contribution in [1.82, 2.24) is 9.45 Å². The van der Waals surface area contributed by atoms with E-state index in [0.29, 0.717) is 4.47 Å². The molecular weight excluding hydrogens is 376 g/mol. The van der Waals surface area contributed by atoms with Crippen LogP contribution in [-0.4, -0.2) is 23.8 Å². The fourth-order valence-electron chi connectivity index (χ4n) is 2.76. The van der Waals surface area contributed by atoms with Gasteiger partial charge in [0.1, 0.15) is 0 Å². The van der Waals surface area contributed by atoms with E-state index in [1.54, 1.807) is 60.8 Å². The van der Waals surface area contributed by atoms with Crippen molar-refractivity contribution in [3.63, 3.8) is 0 Å². The molecule has 3 aromatic carbocycles. The summed E-state index contributed by atoms with van der Waals surface area (Å²) in [6.07, 6.45) is 1.77. The summed E-state index contributed by atoms with van der Waals surface area (Å²) in [4.78, 5) is 21.6. The molecule has 28 heavy (non-hydrogen) atoms. The highest BCUT2D eigenvalue weighted by molar-refractivity contribution is 7.89. The maximum absolute atomic E-state index is 13.1. The van der Waals surface area contributed by atoms with E-state index in [1.807, 2.05) is 6.07 Å². The monoisotopic (exact) mass is 392 g/mol. The van der Waals surface area contributed by atoms with Crippen LogP contribution in [0.15, 0.2) is 96.0 Å². The third-order valence-corrected chi connectivity index (χ3v) is 5.70. The summed E-state index contributed by atoms with van der Waals surface area (Å²) < 4.78 is 26.7. The lowest BCUT2D eigenvalue weighted by atomic mass is 10.2. The van der Waals surface area contributed by atoms with Crippen LogP contribution in [0.1, 0.15) is 10.4 Å². The molecule has 1 aromatic heterocycles. The molecule has 0 aliphatic rings. The summed E-state index contributed by atoms with van der Waals surface area (Å²) in [6, 6.07) is 22.7. The number of hydrogen-bond acceptors (Lipinski definition) is 4. The molecule has 140 valence electrons. The summed E-state index contributed by atoms with van der Waals surface area (Å²) in [5.41, 5.74) is 1.07. The molecule has 0 spiro atoms. The molecule has 4 aromatic rings. The molecule has 0 saturated carbocycles. The maximum atomic E-state index is 13.1. The lowest BCUT2D eigenvalue weighted by molar-refractivity contribution is 0.0258. The lowest BCUT2D eigenvalue weighted by Gasteiger charge is -2.22. The third-order valence-electron chi connectivity index (χ3n) is 4.16. The van der Waals surface area contributed by atoms with Gasteiger partial charge in [0.05, 0.1) is 4.90 Å². The highest BCUT2D eigenvalue weighted by Gasteiger charge is 2.33. The van der Waals surface area contributed by atoms with Crippen molar-refractivity contribution < 1.29 is 18.0 Å². The van der Waals surface area contributed by atoms with Gasteiger partial charge in [0.25, 0.3) is 10.0 Å². The molecule has 0 unspecified atom stereocenters. The van der Waals surface area contributed by atoms with E-state index in [9.17, 15) is 13.2 Å². The van der Waals surface area contributed by atoms with Gasteiger partial charge in [-0.25, -0.2) is 0 Å². The first-order valence-corrected chi connectivity index (χ1v) is 9.94. The summed E-state index contributed by atoms with van der Waals surface area (Å²) in [7, 11) is -4.23. The first kappa shape index (κ1) is 17.8. The second kappa shape index (κ2) is 7.21. The van der Waals surface area contributed by atoms with Crippen molar-refractivity contribution >= 4 is 26.8 Å². The lowest BCUT2D eigenvalue weighted by Crippen LogP contribution is -2.39. The quantitative estimate of drug-likeness (QED) is 0.521. The van der Waals surface area contributed by atoms with Crippen LogP contribution >= 0.6 is 0 Å². The Morgan fingerprint density at radius 3 is 2.25 bits per heavy atom. The maximum Gasteiger partial charge on any atom is 0.302 e. The van der Waals surface area contributed by atoms with E-state index in [2.05, 4.69) is 4.98 Å². The largest absolute Gasteiger partial charge is 0.361 e. The number of benzene rings is 3. The molecule has 6 nitrogen and oxygen atoms in total. The van der Waals surface area contributed by atoms with Crippen LogP contribution in [0.2, 0.25) is 0 Å². The Balaban J connectivity index is 1.77. The van der Waals surface area contributed by atoms with Gasteiger partial charge < -0.3 is 9.82 Å². The van der Waals surface area contributed by atoms with Crippen molar-refractivity contribution in [1.29, 1.82) is 0 Å². The van der Waals surface area contributed by atoms with Gasteiger partial charge in [0.15, 0.2) is 5.75 Å². The molecule has 0 aliphatic heterocycles. The number of carbonyl (C=O) groups excluding carboxylic acids is 1. The average molecular weight is 392 g/mol. The van der Waals surface area contributed by atoms with Crippen molar-refractivity contribution in [2.75, 3.05) is 0 Å². The summed E-state index contributed by atoms with van der Waals surface area (Å²) >= 11 is 0. The fraction of sp³-hybridized carbons (Fsp3) is 0. The molecular formula is C21H16N2O4S. The second-order valence-corrected chi connectivity index (χ2v) is 7.79. The van der Waals surface area contributed by atoms with E-state index < -0.39 is 15.9 Å². The summed E-state index contributed by atoms with van der Waals surface area (Å²) in [6.45, 7) is 0. The van der Waals surface area contributed by atoms with Crippen LogP contribution in [0, 0.1) is 0 Å². The third kappa shape index (κ3) is 3.35. The van der Waals surface area contributed by atoms with Crippen LogP contribution < -0.4 is 4.84 Å². The average Bonchev–Trinajstić information content (AvgIpc) is 3.20. The highest BCUT2D eigenvalue weighted by Crippen LogP contribution is 2.25. The van der Waals surface area contributed by atoms with Crippen molar-refractivity contribution in [3.05, 3.63) is 96.7 Å². The predicted octanol–water partition coefficient (Wildman–Crippen LogP) is 3.99. The standard InChI is InChI=1S/C21H16N2O4S/c24-21(16-7-3-1-4-8-16)23(28(25,26)19-9-5-2-6-10-19)27-18-11-12-20-17(15-18)13-14-22-20/h1-15,22H. The van der Waals surface area contributed by atoms with Gasteiger partial charge in [-0.2, -0.15) is 8.42 Å². The summed E-state index contributed by atoms with van der Waals surface area (Å²) in [5.74, 6) is -0.547. The number of nitrogens with zero attached hydrogens (tertiary/aromatic N) is 1. The first-order chi connectivity index (χ1) is 13.6. The van der Waals surface area contributed by atoms with Crippen LogP contribution in [0.4, 0.5) is 0 Å². The Morgan fingerprint density at radius 2 is 1.54 bits per heavy atom. The zero-order chi connectivity index (χ0) is 19.6. The fourth-order valence-corrected chi connectivity index (χ4v) is 3.96. The highest BCUT2D eigenvalue weighted by atomic mass is 32.2. The molecule has 0 aliphatic carbocycles. The Labute approximate surface area is 162 Å². The van der Waals surface area contributed by atoms with Crippen molar-refractivity contribution in [2.24, 2.45) is 0 Å². The minimum atomic E-state index is -4.23. The molecule has 0 bridgehead atoms. The molecule has 4 rings (SSSR count). The van der Waals surface area contributed by atoms with Gasteiger partial charge in [-0.3, -0.25) is 4.79 Å². The smallest absolute Gasteiger partial charge is 0.302 e. The van der Waals surface area contributed by atoms with Crippen LogP contribution in [0.5, 0.6) is 5.75 Å². The molecule has 1 amide bonds. The van der Waals surface area contributed by atoms with Gasteiger partial charge in [0.2, 0.25) is 0 Å².